The molecule has 0 aromatic carbocycles. The molecular weight excluding hydrogens is 229 g/mol. The van der Waals surface area contributed by atoms with E-state index in [1.807, 2.05) is 18.1 Å². The van der Waals surface area contributed by atoms with Crippen molar-refractivity contribution in [1.29, 1.82) is 0 Å². The van der Waals surface area contributed by atoms with Crippen molar-refractivity contribution in [1.82, 2.24) is 9.88 Å². The molecule has 0 spiro atoms. The van der Waals surface area contributed by atoms with Gasteiger partial charge in [-0.3, -0.25) is 4.98 Å². The third-order valence-corrected chi connectivity index (χ3v) is 3.52. The van der Waals surface area contributed by atoms with Gasteiger partial charge in [0.05, 0.1) is 11.7 Å². The van der Waals surface area contributed by atoms with Crippen LogP contribution in [0.3, 0.4) is 0 Å². The molecule has 2 atom stereocenters. The van der Waals surface area contributed by atoms with Crippen LogP contribution in [0.15, 0.2) is 18.5 Å². The first-order valence-corrected chi connectivity index (χ1v) is 6.60. The molecular formula is C14H22FN3. The van der Waals surface area contributed by atoms with Crippen LogP contribution in [0, 0.1) is 0 Å². The zero-order valence-electron chi connectivity index (χ0n) is 11.4. The summed E-state index contributed by atoms with van der Waals surface area (Å²) < 4.78 is 13.9. The Morgan fingerprint density at radius 2 is 2.22 bits per heavy atom. The first kappa shape index (κ1) is 13.3. The van der Waals surface area contributed by atoms with Gasteiger partial charge in [-0.25, -0.2) is 4.39 Å². The van der Waals surface area contributed by atoms with Gasteiger partial charge >= 0.3 is 0 Å². The average molecular weight is 251 g/mol. The van der Waals surface area contributed by atoms with E-state index in [9.17, 15) is 4.39 Å². The van der Waals surface area contributed by atoms with Gasteiger partial charge in [0, 0.05) is 25.5 Å². The van der Waals surface area contributed by atoms with Crippen LogP contribution in [0.2, 0.25) is 0 Å². The van der Waals surface area contributed by atoms with Crippen molar-refractivity contribution < 1.29 is 4.39 Å². The molecule has 4 heteroatoms. The maximum atomic E-state index is 13.9. The van der Waals surface area contributed by atoms with Crippen LogP contribution in [0.5, 0.6) is 0 Å². The summed E-state index contributed by atoms with van der Waals surface area (Å²) in [6, 6.07) is 1.98. The van der Waals surface area contributed by atoms with Gasteiger partial charge < -0.3 is 10.2 Å². The number of halogens is 1. The number of anilines is 1. The molecule has 1 aliphatic rings. The quantitative estimate of drug-likeness (QED) is 0.895. The van der Waals surface area contributed by atoms with Crippen molar-refractivity contribution >= 4 is 5.69 Å². The summed E-state index contributed by atoms with van der Waals surface area (Å²) in [5.74, 6) is 0.443. The van der Waals surface area contributed by atoms with E-state index in [1.54, 1.807) is 6.20 Å². The maximum absolute atomic E-state index is 13.9. The van der Waals surface area contributed by atoms with Crippen LogP contribution in [-0.2, 0) is 0 Å². The van der Waals surface area contributed by atoms with E-state index in [1.165, 1.54) is 5.56 Å². The van der Waals surface area contributed by atoms with Gasteiger partial charge in [0.15, 0.2) is 0 Å². The molecule has 100 valence electrons. The summed E-state index contributed by atoms with van der Waals surface area (Å²) in [7, 11) is 1.96. The summed E-state index contributed by atoms with van der Waals surface area (Å²) in [5, 5.41) is 3.28. The Balaban J connectivity index is 2.02. The molecule has 1 aromatic rings. The van der Waals surface area contributed by atoms with Crippen LogP contribution in [0.4, 0.5) is 10.1 Å². The first-order chi connectivity index (χ1) is 8.56. The molecule has 1 N–H and O–H groups in total. The molecule has 1 fully saturated rings. The highest BCUT2D eigenvalue weighted by molar-refractivity contribution is 5.44. The second-order valence-electron chi connectivity index (χ2n) is 5.48. The Hall–Kier alpha value is -1.16. The fourth-order valence-corrected chi connectivity index (χ4v) is 2.29. The summed E-state index contributed by atoms with van der Waals surface area (Å²) in [4.78, 5) is 6.25. The minimum Gasteiger partial charge on any atom is -0.378 e. The van der Waals surface area contributed by atoms with Gasteiger partial charge in [0.1, 0.15) is 6.17 Å². The zero-order chi connectivity index (χ0) is 13.1. The molecule has 2 heterocycles. The molecule has 0 radical (unpaired) electrons. The van der Waals surface area contributed by atoms with Gasteiger partial charge in [0.25, 0.3) is 0 Å². The lowest BCUT2D eigenvalue weighted by Crippen LogP contribution is -2.46. The highest BCUT2D eigenvalue weighted by atomic mass is 19.1. The van der Waals surface area contributed by atoms with Crippen LogP contribution >= 0.6 is 0 Å². The van der Waals surface area contributed by atoms with Gasteiger partial charge in [0.2, 0.25) is 0 Å². The Labute approximate surface area is 108 Å². The van der Waals surface area contributed by atoms with Gasteiger partial charge in [-0.2, -0.15) is 0 Å². The van der Waals surface area contributed by atoms with Crippen molar-refractivity contribution in [3.63, 3.8) is 0 Å². The average Bonchev–Trinajstić information content (AvgIpc) is 2.33. The van der Waals surface area contributed by atoms with Crippen LogP contribution in [-0.4, -0.2) is 42.2 Å². The minimum atomic E-state index is -0.813. The fraction of sp³-hybridized carbons (Fsp3) is 0.643. The van der Waals surface area contributed by atoms with E-state index in [0.717, 1.165) is 18.7 Å². The van der Waals surface area contributed by atoms with Gasteiger partial charge in [-0.15, -0.1) is 0 Å². The van der Waals surface area contributed by atoms with E-state index in [0.29, 0.717) is 12.5 Å². The number of hydrogen-bond acceptors (Lipinski definition) is 3. The predicted molar refractivity (Wildman–Crippen MR) is 72.7 cm³/mol. The Bertz CT molecular complexity index is 394. The highest BCUT2D eigenvalue weighted by Crippen LogP contribution is 2.21. The lowest BCUT2D eigenvalue weighted by Gasteiger charge is -2.33. The molecule has 0 amide bonds. The number of alkyl halides is 1. The maximum Gasteiger partial charge on any atom is 0.133 e. The second kappa shape index (κ2) is 5.65. The molecule has 0 saturated carbocycles. The number of nitrogens with one attached hydrogen (secondary N) is 1. The summed E-state index contributed by atoms with van der Waals surface area (Å²) in [6.45, 7) is 5.72. The number of likely N-dealkylation sites (tertiary alicyclic amines) is 1. The standard InChI is InChI=1S/C14H22FN3/c1-10(2)11-6-12(8-16-7-11)17-14-4-5-18(3)9-13(14)15/h6-8,10,13-14,17H,4-5,9H2,1-3H3/t13-,14?/m1/s1. The van der Waals surface area contributed by atoms with Crippen molar-refractivity contribution in [3.05, 3.63) is 24.0 Å². The van der Waals surface area contributed by atoms with E-state index in [-0.39, 0.29) is 6.04 Å². The lowest BCUT2D eigenvalue weighted by molar-refractivity contribution is 0.149. The second-order valence-corrected chi connectivity index (χ2v) is 5.48. The minimum absolute atomic E-state index is 0.0922. The Morgan fingerprint density at radius 3 is 2.89 bits per heavy atom. The monoisotopic (exact) mass is 251 g/mol. The number of aromatic nitrogens is 1. The molecule has 3 nitrogen and oxygen atoms in total. The Kier molecular flexibility index (Phi) is 4.17. The molecule has 2 rings (SSSR count). The fourth-order valence-electron chi connectivity index (χ4n) is 2.29. The summed E-state index contributed by atoms with van der Waals surface area (Å²) >= 11 is 0. The third-order valence-electron chi connectivity index (χ3n) is 3.52. The van der Waals surface area contributed by atoms with Crippen LogP contribution in [0.1, 0.15) is 31.7 Å². The normalized spacial score (nSPS) is 25.4. The SMILES string of the molecule is CC(C)c1cncc(NC2CCN(C)C[C@H]2F)c1. The lowest BCUT2D eigenvalue weighted by atomic mass is 10.0. The molecule has 1 unspecified atom stereocenters. The molecule has 1 aliphatic heterocycles. The van der Waals surface area contributed by atoms with E-state index in [4.69, 9.17) is 0 Å². The topological polar surface area (TPSA) is 28.2 Å². The van der Waals surface area contributed by atoms with E-state index >= 15 is 0 Å². The van der Waals surface area contributed by atoms with Crippen LogP contribution in [0.25, 0.3) is 0 Å². The number of pyridine rings is 1. The van der Waals surface area contributed by atoms with Crippen molar-refractivity contribution in [2.24, 2.45) is 0 Å². The van der Waals surface area contributed by atoms with E-state index < -0.39 is 6.17 Å². The molecule has 0 aliphatic carbocycles. The summed E-state index contributed by atoms with van der Waals surface area (Å²) in [5.41, 5.74) is 2.11. The molecule has 1 aromatic heterocycles. The van der Waals surface area contributed by atoms with Gasteiger partial charge in [-0.1, -0.05) is 13.8 Å². The summed E-state index contributed by atoms with van der Waals surface area (Å²) in [6.07, 6.45) is 3.67. The van der Waals surface area contributed by atoms with Crippen molar-refractivity contribution in [2.75, 3.05) is 25.5 Å². The van der Waals surface area contributed by atoms with Gasteiger partial charge in [-0.05, 0) is 31.0 Å². The largest absolute Gasteiger partial charge is 0.378 e. The van der Waals surface area contributed by atoms with Crippen molar-refractivity contribution in [2.45, 2.75) is 38.4 Å². The zero-order valence-corrected chi connectivity index (χ0v) is 11.4. The molecule has 1 saturated heterocycles. The molecule has 18 heavy (non-hydrogen) atoms. The molecule has 0 bridgehead atoms. The van der Waals surface area contributed by atoms with Crippen LogP contribution < -0.4 is 5.32 Å². The number of piperidine rings is 1. The third kappa shape index (κ3) is 3.19. The number of rotatable bonds is 3. The number of nitrogens with zero attached hydrogens (tertiary/aromatic N) is 2. The van der Waals surface area contributed by atoms with E-state index in [2.05, 4.69) is 30.2 Å². The first-order valence-electron chi connectivity index (χ1n) is 6.60. The highest BCUT2D eigenvalue weighted by Gasteiger charge is 2.27. The predicted octanol–water partition coefficient (Wildman–Crippen LogP) is 2.66. The smallest absolute Gasteiger partial charge is 0.133 e. The van der Waals surface area contributed by atoms with Crippen molar-refractivity contribution in [3.8, 4) is 0 Å². The Morgan fingerprint density at radius 1 is 1.44 bits per heavy atom. The number of hydrogen-bond donors (Lipinski definition) is 1.